The van der Waals surface area contributed by atoms with Gasteiger partial charge >= 0.3 is 5.97 Å². The standard InChI is InChI=1S/C22H18Cl2N2O5S/c1-31-22(28)15-6-5-7-17(12-15)25-21(27)14-26(20-11-10-16(23)13-19(20)24)32(29,30)18-8-3-2-4-9-18/h2-13H,14H2,1H3,(H,25,27). The molecule has 7 nitrogen and oxygen atoms in total. The molecule has 0 spiro atoms. The third-order valence-corrected chi connectivity index (χ3v) is 6.68. The fraction of sp³-hybridized carbons (Fsp3) is 0.0909. The van der Waals surface area contributed by atoms with Crippen molar-refractivity contribution in [1.29, 1.82) is 0 Å². The van der Waals surface area contributed by atoms with Crippen LogP contribution in [0.25, 0.3) is 0 Å². The van der Waals surface area contributed by atoms with Crippen molar-refractivity contribution in [3.63, 3.8) is 0 Å². The number of nitrogens with zero attached hydrogens (tertiary/aromatic N) is 1. The molecular weight excluding hydrogens is 475 g/mol. The first-order chi connectivity index (χ1) is 15.2. The van der Waals surface area contributed by atoms with E-state index in [9.17, 15) is 18.0 Å². The van der Waals surface area contributed by atoms with Gasteiger partial charge in [0.1, 0.15) is 6.54 Å². The lowest BCUT2D eigenvalue weighted by atomic mass is 10.2. The molecule has 0 aliphatic heterocycles. The predicted molar refractivity (Wildman–Crippen MR) is 124 cm³/mol. The SMILES string of the molecule is COC(=O)c1cccc(NC(=O)CN(c2ccc(Cl)cc2Cl)S(=O)(=O)c2ccccc2)c1. The van der Waals surface area contributed by atoms with Crippen LogP contribution >= 0.6 is 23.2 Å². The first-order valence-electron chi connectivity index (χ1n) is 9.23. The van der Waals surface area contributed by atoms with Crippen LogP contribution in [0.2, 0.25) is 10.0 Å². The van der Waals surface area contributed by atoms with E-state index in [-0.39, 0.29) is 21.2 Å². The third kappa shape index (κ3) is 5.40. The van der Waals surface area contributed by atoms with Gasteiger partial charge in [-0.3, -0.25) is 9.10 Å². The number of ether oxygens (including phenoxy) is 1. The molecule has 3 rings (SSSR count). The second-order valence-corrected chi connectivity index (χ2v) is 9.25. The zero-order chi connectivity index (χ0) is 23.3. The van der Waals surface area contributed by atoms with Gasteiger partial charge in [0.25, 0.3) is 10.0 Å². The fourth-order valence-electron chi connectivity index (χ4n) is 2.88. The Hall–Kier alpha value is -3.07. The van der Waals surface area contributed by atoms with Crippen molar-refractivity contribution in [2.24, 2.45) is 0 Å². The minimum Gasteiger partial charge on any atom is -0.465 e. The number of nitrogens with one attached hydrogen (secondary N) is 1. The molecule has 0 atom stereocenters. The van der Waals surface area contributed by atoms with E-state index in [1.807, 2.05) is 0 Å². The molecule has 0 bridgehead atoms. The van der Waals surface area contributed by atoms with Gasteiger partial charge in [-0.2, -0.15) is 0 Å². The number of benzene rings is 3. The maximum absolute atomic E-state index is 13.3. The minimum atomic E-state index is -4.13. The highest BCUT2D eigenvalue weighted by Crippen LogP contribution is 2.32. The number of carbonyl (C=O) groups is 2. The largest absolute Gasteiger partial charge is 0.465 e. The van der Waals surface area contributed by atoms with E-state index in [1.165, 1.54) is 49.6 Å². The van der Waals surface area contributed by atoms with Crippen molar-refractivity contribution >= 4 is 56.5 Å². The minimum absolute atomic E-state index is 0.00787. The number of amides is 1. The number of hydrogen-bond acceptors (Lipinski definition) is 5. The van der Waals surface area contributed by atoms with E-state index < -0.39 is 28.4 Å². The highest BCUT2D eigenvalue weighted by Gasteiger charge is 2.29. The molecule has 0 saturated heterocycles. The van der Waals surface area contributed by atoms with Crippen molar-refractivity contribution in [2.45, 2.75) is 4.90 Å². The third-order valence-electron chi connectivity index (χ3n) is 4.36. The summed E-state index contributed by atoms with van der Waals surface area (Å²) in [7, 11) is -2.89. The van der Waals surface area contributed by atoms with Gasteiger partial charge in [-0.05, 0) is 48.5 Å². The lowest BCUT2D eigenvalue weighted by Crippen LogP contribution is -2.38. The molecular formula is C22H18Cl2N2O5S. The summed E-state index contributed by atoms with van der Waals surface area (Å²) in [5.74, 6) is -1.21. The molecule has 0 aliphatic rings. The average Bonchev–Trinajstić information content (AvgIpc) is 2.78. The van der Waals surface area contributed by atoms with Crippen LogP contribution in [0.3, 0.4) is 0 Å². The van der Waals surface area contributed by atoms with Gasteiger partial charge < -0.3 is 10.1 Å². The topological polar surface area (TPSA) is 92.8 Å². The number of halogens is 2. The molecule has 1 amide bonds. The Kier molecular flexibility index (Phi) is 7.40. The van der Waals surface area contributed by atoms with Crippen LogP contribution < -0.4 is 9.62 Å². The number of anilines is 2. The Morgan fingerprint density at radius 3 is 2.34 bits per heavy atom. The van der Waals surface area contributed by atoms with Gasteiger partial charge in [0.05, 0.1) is 28.3 Å². The molecule has 0 aromatic heterocycles. The van der Waals surface area contributed by atoms with Crippen molar-refractivity contribution in [2.75, 3.05) is 23.3 Å². The summed E-state index contributed by atoms with van der Waals surface area (Å²) in [4.78, 5) is 24.5. The Morgan fingerprint density at radius 2 is 1.69 bits per heavy atom. The molecule has 0 aliphatic carbocycles. The molecule has 3 aromatic rings. The molecule has 0 fully saturated rings. The lowest BCUT2D eigenvalue weighted by Gasteiger charge is -2.25. The van der Waals surface area contributed by atoms with Crippen LogP contribution in [-0.4, -0.2) is 33.9 Å². The maximum atomic E-state index is 13.3. The zero-order valence-corrected chi connectivity index (χ0v) is 19.1. The first kappa shape index (κ1) is 23.6. The van der Waals surface area contributed by atoms with E-state index >= 15 is 0 Å². The van der Waals surface area contributed by atoms with Gasteiger partial charge in [0.15, 0.2) is 0 Å². The monoisotopic (exact) mass is 492 g/mol. The number of hydrogen-bond donors (Lipinski definition) is 1. The summed E-state index contributed by atoms with van der Waals surface area (Å²) >= 11 is 12.2. The fourth-order valence-corrected chi connectivity index (χ4v) is 4.90. The number of carbonyl (C=O) groups excluding carboxylic acids is 2. The maximum Gasteiger partial charge on any atom is 0.337 e. The molecule has 10 heteroatoms. The van der Waals surface area contributed by atoms with Gasteiger partial charge in [0.2, 0.25) is 5.91 Å². The lowest BCUT2D eigenvalue weighted by molar-refractivity contribution is -0.114. The summed E-state index contributed by atoms with van der Waals surface area (Å²) in [5, 5.41) is 2.98. The second kappa shape index (κ2) is 10.0. The van der Waals surface area contributed by atoms with Crippen LogP contribution in [0.4, 0.5) is 11.4 Å². The Morgan fingerprint density at radius 1 is 0.969 bits per heavy atom. The number of rotatable bonds is 7. The van der Waals surface area contributed by atoms with Crippen molar-refractivity contribution < 1.29 is 22.7 Å². The molecule has 3 aromatic carbocycles. The number of methoxy groups -OCH3 is 1. The van der Waals surface area contributed by atoms with Crippen LogP contribution in [0.15, 0.2) is 77.7 Å². The number of esters is 1. The molecule has 0 heterocycles. The van der Waals surface area contributed by atoms with Crippen LogP contribution in [-0.2, 0) is 19.6 Å². The summed E-state index contributed by atoms with van der Waals surface area (Å²) < 4.78 is 32.2. The van der Waals surface area contributed by atoms with Gasteiger partial charge in [0, 0.05) is 10.7 Å². The molecule has 32 heavy (non-hydrogen) atoms. The molecule has 1 N–H and O–H groups in total. The molecule has 166 valence electrons. The van der Waals surface area contributed by atoms with E-state index in [1.54, 1.807) is 30.3 Å². The summed E-state index contributed by atoms with van der Waals surface area (Å²) in [6, 6.07) is 18.1. The van der Waals surface area contributed by atoms with E-state index in [4.69, 9.17) is 23.2 Å². The summed E-state index contributed by atoms with van der Waals surface area (Å²) in [5.41, 5.74) is 0.635. The Balaban J connectivity index is 1.94. The van der Waals surface area contributed by atoms with Crippen molar-refractivity contribution in [3.8, 4) is 0 Å². The Labute approximate surface area is 195 Å². The van der Waals surface area contributed by atoms with Gasteiger partial charge in [-0.1, -0.05) is 47.5 Å². The van der Waals surface area contributed by atoms with E-state index in [2.05, 4.69) is 10.1 Å². The zero-order valence-electron chi connectivity index (χ0n) is 16.8. The van der Waals surface area contributed by atoms with Crippen LogP contribution in [0, 0.1) is 0 Å². The molecule has 0 saturated carbocycles. The van der Waals surface area contributed by atoms with Crippen LogP contribution in [0.5, 0.6) is 0 Å². The predicted octanol–water partition coefficient (Wildman–Crippen LogP) is 4.61. The highest BCUT2D eigenvalue weighted by molar-refractivity contribution is 7.92. The van der Waals surface area contributed by atoms with Crippen molar-refractivity contribution in [3.05, 3.63) is 88.4 Å². The molecule has 0 unspecified atom stereocenters. The summed E-state index contributed by atoms with van der Waals surface area (Å²) in [6.07, 6.45) is 0. The van der Waals surface area contributed by atoms with E-state index in [0.29, 0.717) is 10.7 Å². The van der Waals surface area contributed by atoms with Gasteiger partial charge in [-0.15, -0.1) is 0 Å². The van der Waals surface area contributed by atoms with Crippen LogP contribution in [0.1, 0.15) is 10.4 Å². The first-order valence-corrected chi connectivity index (χ1v) is 11.4. The highest BCUT2D eigenvalue weighted by atomic mass is 35.5. The molecule has 0 radical (unpaired) electrons. The summed E-state index contributed by atoms with van der Waals surface area (Å²) in [6.45, 7) is -0.568. The smallest absolute Gasteiger partial charge is 0.337 e. The van der Waals surface area contributed by atoms with E-state index in [0.717, 1.165) is 4.31 Å². The average molecular weight is 493 g/mol. The quantitative estimate of drug-likeness (QED) is 0.485. The van der Waals surface area contributed by atoms with Gasteiger partial charge in [-0.25, -0.2) is 13.2 Å². The van der Waals surface area contributed by atoms with Crippen molar-refractivity contribution in [1.82, 2.24) is 0 Å². The second-order valence-electron chi connectivity index (χ2n) is 6.54. The Bertz CT molecular complexity index is 1250. The normalized spacial score (nSPS) is 11.0. The number of sulfonamides is 1.